The molecule has 26 heteroatoms. The summed E-state index contributed by atoms with van der Waals surface area (Å²) in [5, 5.41) is 0. The Morgan fingerprint density at radius 3 is 0.897 bits per heavy atom. The molecule has 0 aromatic heterocycles. The molecule has 0 radical (unpaired) electrons. The molecule has 1 aliphatic rings. The number of carbonyl (C=O) groups is 10. The number of epoxide rings is 1. The fraction of sp³-hybridized carbons (Fsp3) is 0.846. The van der Waals surface area contributed by atoms with Crippen LogP contribution in [0, 0.1) is 43.3 Å². The maximum atomic E-state index is 11.7. The highest BCUT2D eigenvalue weighted by atomic mass is 28.4. The van der Waals surface area contributed by atoms with Crippen LogP contribution in [-0.2, 0) is 118 Å². The average molecular weight is 1710 g/mol. The maximum absolute atomic E-state index is 11.7. The summed E-state index contributed by atoms with van der Waals surface area (Å²) in [5.41, 5.74) is -2.71. The van der Waals surface area contributed by atoms with E-state index in [1.807, 2.05) is 180 Å². The predicted octanol–water partition coefficient (Wildman–Crippen LogP) is 22.4. The fourth-order valence-electron chi connectivity index (χ4n) is 6.03. The Balaban J connectivity index is -0.0000000780. The van der Waals surface area contributed by atoms with Crippen LogP contribution in [-0.4, -0.2) is 182 Å². The van der Waals surface area contributed by atoms with E-state index in [1.165, 1.54) is 13.4 Å². The number of carbonyl (C=O) groups excluding carboxylic acids is 10. The van der Waals surface area contributed by atoms with Gasteiger partial charge in [-0.2, -0.15) is 0 Å². The van der Waals surface area contributed by atoms with Gasteiger partial charge in [-0.1, -0.05) is 142 Å². The van der Waals surface area contributed by atoms with Crippen LogP contribution in [0.4, 0.5) is 0 Å². The minimum atomic E-state index is -2.01. The quantitative estimate of drug-likeness (QED) is 0.0104. The number of methoxy groups -OCH3 is 2. The zero-order valence-electron chi connectivity index (χ0n) is 74.6. The van der Waals surface area contributed by atoms with Gasteiger partial charge in [0, 0.05) is 46.5 Å². The number of unbranched alkanes of at least 4 members (excludes halogenated alkanes) is 2. The standard InChI is InChI=1S/C13H24O4.C12H26O4Si.C12H20O4.C11H20O4.C11H22O3.C9H18O2.C8H14O2.C7H14O2.8CH4/c1-4-13(2,3)12(14)16-8-6-5-7-15-9-11-10-17-11;1-7-12(2,3)11(13)16-9-8-10-17(6,14-4)15-5;1-6-12(4,5)11(14)16-8-7-15-10(13)9(2)3;1-5-9(12)14-7-8-15-10(13)11(3,4)6-2;1-5-11(2,3)10(12)14-9-7-6-8-13-4;1-5-7-11-8(10)9(3,4)6-2;1-5-8(3,4)7(9)10-6-2;1-5-7(2,3)6(8)9-4;;;;;;;;/h11H,4-10H2,1-3H3;7-10H2,1-6H3;2,6-8H2,1,3-5H3;5-8H2,1-4H3;5-9H2,1-4H3;5-7H2,1-4H3;6H,2,5H2,1,3-4H3;5H2,1-4H3;8*1H4. The minimum absolute atomic E-state index is 0. The number of esters is 10. The lowest BCUT2D eigenvalue weighted by Crippen LogP contribution is -2.36. The molecule has 1 unspecified atom stereocenters. The largest absolute Gasteiger partial charge is 0.469 e. The molecule has 0 amide bonds. The smallest absolute Gasteiger partial charge is 0.334 e. The topological polar surface area (TPSA) is 312 Å². The first-order valence-electron chi connectivity index (χ1n) is 39.0. The fourth-order valence-corrected chi connectivity index (χ4v) is 7.39. The number of ether oxygens (including phenoxy) is 13. The van der Waals surface area contributed by atoms with Crippen LogP contribution in [0.3, 0.4) is 0 Å². The second-order valence-electron chi connectivity index (χ2n) is 31.4. The van der Waals surface area contributed by atoms with Crippen LogP contribution >= 0.6 is 0 Å². The van der Waals surface area contributed by atoms with Crippen molar-refractivity contribution in [2.45, 2.75) is 361 Å². The van der Waals surface area contributed by atoms with Gasteiger partial charge in [-0.15, -0.1) is 0 Å². The van der Waals surface area contributed by atoms with E-state index in [9.17, 15) is 47.9 Å². The normalized spacial score (nSPS) is 11.7. The molecule has 1 atom stereocenters. The van der Waals surface area contributed by atoms with Crippen LogP contribution in [0.2, 0.25) is 12.6 Å². The van der Waals surface area contributed by atoms with E-state index >= 15 is 0 Å². The van der Waals surface area contributed by atoms with Crippen molar-refractivity contribution in [1.82, 2.24) is 0 Å². The molecule has 1 aliphatic heterocycles. The van der Waals surface area contributed by atoms with Crippen molar-refractivity contribution < 1.29 is 118 Å². The van der Waals surface area contributed by atoms with Gasteiger partial charge in [0.15, 0.2) is 0 Å². The molecule has 0 aromatic rings. The van der Waals surface area contributed by atoms with Crippen LogP contribution in [0.5, 0.6) is 0 Å². The van der Waals surface area contributed by atoms with Gasteiger partial charge < -0.3 is 70.4 Å². The Morgan fingerprint density at radius 1 is 0.376 bits per heavy atom. The molecule has 117 heavy (non-hydrogen) atoms. The monoisotopic (exact) mass is 1710 g/mol. The SMILES string of the molecule is C.C.C.C.C.C.C.C.C=C(C)C(=O)OCCOC(=O)C(C)(C)CC.C=COC(=O)C(C)(C)CC.CCC(=O)OCCOC(=O)C(C)(C)CC.CCC(C)(C)C(=O)OC.CCC(C)(C)C(=O)OCCCCOC.CCC(C)(C)C(=O)OCCCCOCC1CO1.CCC(C)(C)C(=O)OCCC[Si](C)(OC)OC.CCCOC(=O)C(C)(C)CC. The summed E-state index contributed by atoms with van der Waals surface area (Å²) in [4.78, 5) is 113. The Labute approximate surface area is 720 Å². The van der Waals surface area contributed by atoms with E-state index in [4.69, 9.17) is 61.0 Å². The second-order valence-corrected chi connectivity index (χ2v) is 34.9. The Bertz CT molecular complexity index is 2510. The molecular formula is C91H190O25Si. The molecule has 0 N–H and O–H groups in total. The molecule has 0 aliphatic carbocycles. The molecular weight excluding hydrogens is 1520 g/mol. The molecule has 0 saturated carbocycles. The third-order valence-corrected chi connectivity index (χ3v) is 21.5. The summed E-state index contributed by atoms with van der Waals surface area (Å²) in [6.07, 6.45) is 13.4. The summed E-state index contributed by atoms with van der Waals surface area (Å²) >= 11 is 0. The highest BCUT2D eigenvalue weighted by Crippen LogP contribution is 2.27. The minimum Gasteiger partial charge on any atom is -0.469 e. The van der Waals surface area contributed by atoms with Gasteiger partial charge in [-0.05, 0) is 220 Å². The molecule has 1 fully saturated rings. The summed E-state index contributed by atoms with van der Waals surface area (Å²) in [6.45, 7) is 65.1. The average Bonchev–Trinajstić information content (AvgIpc) is 1.00. The van der Waals surface area contributed by atoms with Gasteiger partial charge >= 0.3 is 68.3 Å². The van der Waals surface area contributed by atoms with Gasteiger partial charge in [0.05, 0.1) is 96.3 Å². The number of hydrogen-bond acceptors (Lipinski definition) is 25. The van der Waals surface area contributed by atoms with Gasteiger partial charge in [0.1, 0.15) is 32.5 Å². The van der Waals surface area contributed by atoms with Crippen molar-refractivity contribution >= 4 is 68.3 Å². The van der Waals surface area contributed by atoms with E-state index < -0.39 is 25.4 Å². The summed E-state index contributed by atoms with van der Waals surface area (Å²) in [7, 11) is 4.41. The maximum Gasteiger partial charge on any atom is 0.334 e. The first kappa shape index (κ1) is 146. The lowest BCUT2D eigenvalue weighted by atomic mass is 9.91. The predicted molar refractivity (Wildman–Crippen MR) is 484 cm³/mol. The zero-order chi connectivity index (χ0) is 86.5. The first-order valence-corrected chi connectivity index (χ1v) is 41.5. The van der Waals surface area contributed by atoms with Crippen molar-refractivity contribution in [2.24, 2.45) is 43.3 Å². The van der Waals surface area contributed by atoms with E-state index in [0.29, 0.717) is 64.2 Å². The van der Waals surface area contributed by atoms with Gasteiger partial charge in [0.25, 0.3) is 0 Å². The van der Waals surface area contributed by atoms with Crippen molar-refractivity contribution in [3.05, 3.63) is 25.0 Å². The van der Waals surface area contributed by atoms with Crippen molar-refractivity contribution in [3.8, 4) is 0 Å². The Hall–Kier alpha value is -5.80. The van der Waals surface area contributed by atoms with Crippen molar-refractivity contribution in [3.63, 3.8) is 0 Å². The van der Waals surface area contributed by atoms with Crippen LogP contribution in [0.1, 0.15) is 343 Å². The molecule has 1 saturated heterocycles. The van der Waals surface area contributed by atoms with Crippen LogP contribution < -0.4 is 0 Å². The van der Waals surface area contributed by atoms with E-state index in [2.05, 4.69) is 22.6 Å². The molecule has 25 nitrogen and oxygen atoms in total. The van der Waals surface area contributed by atoms with E-state index in [1.54, 1.807) is 35.2 Å². The molecule has 708 valence electrons. The Kier molecular flexibility index (Phi) is 99.7. The second kappa shape index (κ2) is 80.0. The highest BCUT2D eigenvalue weighted by Gasteiger charge is 2.33. The third-order valence-electron chi connectivity index (χ3n) is 18.5. The summed E-state index contributed by atoms with van der Waals surface area (Å²) < 4.78 is 75.4. The van der Waals surface area contributed by atoms with Crippen molar-refractivity contribution in [2.75, 3.05) is 108 Å². The van der Waals surface area contributed by atoms with E-state index in [0.717, 1.165) is 103 Å². The Morgan fingerprint density at radius 2 is 0.641 bits per heavy atom. The summed E-state index contributed by atoms with van der Waals surface area (Å²) in [6, 6.07) is 0.833. The first-order chi connectivity index (χ1) is 50.3. The van der Waals surface area contributed by atoms with Gasteiger partial charge in [0.2, 0.25) is 0 Å². The zero-order valence-corrected chi connectivity index (χ0v) is 75.6. The summed E-state index contributed by atoms with van der Waals surface area (Å²) in [5.74, 6) is -2.04. The lowest BCUT2D eigenvalue weighted by molar-refractivity contribution is -0.159. The molecule has 0 spiro atoms. The molecule has 0 bridgehead atoms. The van der Waals surface area contributed by atoms with Crippen molar-refractivity contribution in [1.29, 1.82) is 0 Å². The lowest BCUT2D eigenvalue weighted by Gasteiger charge is -2.23. The van der Waals surface area contributed by atoms with Gasteiger partial charge in [-0.3, -0.25) is 43.2 Å². The number of hydrogen-bond donors (Lipinski definition) is 0. The van der Waals surface area contributed by atoms with Crippen LogP contribution in [0.15, 0.2) is 25.0 Å². The number of rotatable bonds is 45. The van der Waals surface area contributed by atoms with E-state index in [-0.39, 0.29) is 172 Å². The van der Waals surface area contributed by atoms with Crippen LogP contribution in [0.25, 0.3) is 0 Å². The third kappa shape index (κ3) is 77.3. The highest BCUT2D eigenvalue weighted by molar-refractivity contribution is 6.65. The molecule has 1 heterocycles. The van der Waals surface area contributed by atoms with Gasteiger partial charge in [-0.25, -0.2) is 4.79 Å². The molecule has 0 aromatic carbocycles. The molecule has 1 rings (SSSR count).